The van der Waals surface area contributed by atoms with Gasteiger partial charge in [-0.25, -0.2) is 0 Å². The van der Waals surface area contributed by atoms with Crippen LogP contribution in [0.3, 0.4) is 0 Å². The third kappa shape index (κ3) is 1.82. The third-order valence-electron chi connectivity index (χ3n) is 6.52. The molecule has 1 amide bonds. The molecule has 4 aliphatic carbocycles. The Morgan fingerprint density at radius 1 is 1.18 bits per heavy atom. The maximum atomic E-state index is 12.3. The minimum absolute atomic E-state index is 0.0576. The van der Waals surface area contributed by atoms with Crippen molar-refractivity contribution in [3.63, 3.8) is 0 Å². The summed E-state index contributed by atoms with van der Waals surface area (Å²) in [6, 6.07) is 10.9. The van der Waals surface area contributed by atoms with Crippen molar-refractivity contribution in [2.24, 2.45) is 23.0 Å². The molecule has 2 unspecified atom stereocenters. The molecule has 116 valence electrons. The van der Waals surface area contributed by atoms with E-state index in [2.05, 4.69) is 43.3 Å². The van der Waals surface area contributed by atoms with E-state index in [-0.39, 0.29) is 16.7 Å². The molecular formula is C20H25NO. The van der Waals surface area contributed by atoms with Gasteiger partial charge in [-0.2, -0.15) is 0 Å². The highest BCUT2D eigenvalue weighted by molar-refractivity contribution is 5.82. The van der Waals surface area contributed by atoms with Crippen molar-refractivity contribution in [2.45, 2.75) is 50.9 Å². The van der Waals surface area contributed by atoms with Gasteiger partial charge < -0.3 is 5.73 Å². The van der Waals surface area contributed by atoms with E-state index in [9.17, 15) is 4.79 Å². The Morgan fingerprint density at radius 2 is 1.82 bits per heavy atom. The van der Waals surface area contributed by atoms with Gasteiger partial charge in [-0.1, -0.05) is 48.9 Å². The highest BCUT2D eigenvalue weighted by atomic mass is 16.1. The normalized spacial score (nSPS) is 39.0. The molecule has 5 rings (SSSR count). The fourth-order valence-corrected chi connectivity index (χ4v) is 5.93. The van der Waals surface area contributed by atoms with Crippen LogP contribution in [0.1, 0.15) is 51.0 Å². The summed E-state index contributed by atoms with van der Waals surface area (Å²) in [5, 5.41) is 0. The monoisotopic (exact) mass is 295 g/mol. The maximum Gasteiger partial charge on any atom is 0.223 e. The average molecular weight is 295 g/mol. The van der Waals surface area contributed by atoms with E-state index in [1.807, 2.05) is 0 Å². The number of nitrogens with two attached hydrogens (primary N) is 1. The van der Waals surface area contributed by atoms with Crippen LogP contribution in [-0.4, -0.2) is 5.91 Å². The standard InChI is InChI=1S/C20H25NO/c1-2-6-17-14-9-19(16-7-4-3-5-8-16)10-15(17)12-20(11-14,13-19)18(21)22/h3-8,14-15H,2,9-13H2,1H3,(H2,21,22). The lowest BCUT2D eigenvalue weighted by Gasteiger charge is -2.62. The maximum absolute atomic E-state index is 12.3. The van der Waals surface area contributed by atoms with Gasteiger partial charge in [0.1, 0.15) is 0 Å². The van der Waals surface area contributed by atoms with Gasteiger partial charge in [-0.3, -0.25) is 4.79 Å². The van der Waals surface area contributed by atoms with E-state index in [4.69, 9.17) is 5.73 Å². The van der Waals surface area contributed by atoms with Crippen molar-refractivity contribution < 1.29 is 4.79 Å². The lowest BCUT2D eigenvalue weighted by Crippen LogP contribution is -2.59. The second kappa shape index (κ2) is 4.71. The molecule has 1 aromatic carbocycles. The molecular weight excluding hydrogens is 270 g/mol. The molecule has 22 heavy (non-hydrogen) atoms. The number of carbonyl (C=O) groups is 1. The smallest absolute Gasteiger partial charge is 0.223 e. The molecule has 2 nitrogen and oxygen atoms in total. The molecule has 0 saturated heterocycles. The van der Waals surface area contributed by atoms with Crippen LogP contribution in [0.25, 0.3) is 0 Å². The lowest BCUT2D eigenvalue weighted by molar-refractivity contribution is -0.140. The highest BCUT2D eigenvalue weighted by Gasteiger charge is 2.61. The predicted octanol–water partition coefficient (Wildman–Crippen LogP) is 3.96. The van der Waals surface area contributed by atoms with Gasteiger partial charge in [0.25, 0.3) is 0 Å². The van der Waals surface area contributed by atoms with Crippen LogP contribution in [0.2, 0.25) is 0 Å². The summed E-state index contributed by atoms with van der Waals surface area (Å²) in [5.74, 6) is 1.07. The molecule has 2 N–H and O–H groups in total. The Balaban J connectivity index is 1.81. The van der Waals surface area contributed by atoms with Gasteiger partial charge in [0.05, 0.1) is 5.41 Å². The second-order valence-corrected chi connectivity index (χ2v) is 7.79. The summed E-state index contributed by atoms with van der Waals surface area (Å²) in [7, 11) is 0. The molecule has 2 heteroatoms. The van der Waals surface area contributed by atoms with E-state index < -0.39 is 0 Å². The van der Waals surface area contributed by atoms with E-state index in [0.717, 1.165) is 25.7 Å². The fraction of sp³-hybridized carbons (Fsp3) is 0.550. The lowest BCUT2D eigenvalue weighted by atomic mass is 9.41. The Hall–Kier alpha value is -1.57. The molecule has 0 radical (unpaired) electrons. The molecule has 4 saturated carbocycles. The van der Waals surface area contributed by atoms with E-state index in [1.54, 1.807) is 5.57 Å². The zero-order chi connectivity index (χ0) is 15.4. The first-order valence-corrected chi connectivity index (χ1v) is 8.64. The van der Waals surface area contributed by atoms with Gasteiger partial charge in [0, 0.05) is 0 Å². The number of hydrogen-bond donors (Lipinski definition) is 1. The summed E-state index contributed by atoms with van der Waals surface area (Å²) in [5.41, 5.74) is 8.86. The molecule has 4 fully saturated rings. The first-order valence-electron chi connectivity index (χ1n) is 8.64. The second-order valence-electron chi connectivity index (χ2n) is 7.79. The SMILES string of the molecule is CCC=C1C2CC3(C(N)=O)CC1CC(c1ccccc1)(C2)C3. The first kappa shape index (κ1) is 14.0. The topological polar surface area (TPSA) is 43.1 Å². The summed E-state index contributed by atoms with van der Waals surface area (Å²) in [6.45, 7) is 2.22. The van der Waals surface area contributed by atoms with Crippen molar-refractivity contribution in [3.8, 4) is 0 Å². The summed E-state index contributed by atoms with van der Waals surface area (Å²) in [6.07, 6.45) is 8.87. The molecule has 4 aliphatic rings. The Morgan fingerprint density at radius 3 is 2.36 bits per heavy atom. The summed E-state index contributed by atoms with van der Waals surface area (Å²) >= 11 is 0. The van der Waals surface area contributed by atoms with E-state index in [0.29, 0.717) is 11.8 Å². The summed E-state index contributed by atoms with van der Waals surface area (Å²) in [4.78, 5) is 12.3. The van der Waals surface area contributed by atoms with Gasteiger partial charge in [0.15, 0.2) is 0 Å². The van der Waals surface area contributed by atoms with Crippen molar-refractivity contribution in [1.82, 2.24) is 0 Å². The molecule has 2 atom stereocenters. The van der Waals surface area contributed by atoms with Crippen LogP contribution in [0, 0.1) is 17.3 Å². The van der Waals surface area contributed by atoms with Crippen molar-refractivity contribution in [2.75, 3.05) is 0 Å². The molecule has 0 heterocycles. The third-order valence-corrected chi connectivity index (χ3v) is 6.52. The zero-order valence-corrected chi connectivity index (χ0v) is 13.3. The van der Waals surface area contributed by atoms with Crippen LogP contribution in [0.15, 0.2) is 42.0 Å². The molecule has 0 spiro atoms. The minimum atomic E-state index is -0.257. The Labute approximate surface area is 132 Å². The number of allylic oxidation sites excluding steroid dienone is 2. The van der Waals surface area contributed by atoms with Crippen LogP contribution in [-0.2, 0) is 10.2 Å². The number of rotatable bonds is 3. The predicted molar refractivity (Wildman–Crippen MR) is 88.2 cm³/mol. The van der Waals surface area contributed by atoms with E-state index >= 15 is 0 Å². The van der Waals surface area contributed by atoms with Gasteiger partial charge in [-0.15, -0.1) is 0 Å². The molecule has 4 bridgehead atoms. The van der Waals surface area contributed by atoms with Crippen LogP contribution >= 0.6 is 0 Å². The number of primary amides is 1. The minimum Gasteiger partial charge on any atom is -0.369 e. The summed E-state index contributed by atoms with van der Waals surface area (Å²) < 4.78 is 0. The van der Waals surface area contributed by atoms with Crippen LogP contribution < -0.4 is 5.73 Å². The molecule has 0 aliphatic heterocycles. The molecule has 0 aromatic heterocycles. The van der Waals surface area contributed by atoms with Crippen molar-refractivity contribution >= 4 is 5.91 Å². The van der Waals surface area contributed by atoms with Crippen molar-refractivity contribution in [3.05, 3.63) is 47.5 Å². The number of hydrogen-bond acceptors (Lipinski definition) is 1. The highest BCUT2D eigenvalue weighted by Crippen LogP contribution is 2.67. The van der Waals surface area contributed by atoms with Crippen molar-refractivity contribution in [1.29, 1.82) is 0 Å². The molecule has 1 aromatic rings. The van der Waals surface area contributed by atoms with Crippen LogP contribution in [0.5, 0.6) is 0 Å². The average Bonchev–Trinajstić information content (AvgIpc) is 2.51. The van der Waals surface area contributed by atoms with E-state index in [1.165, 1.54) is 18.4 Å². The Bertz CT molecular complexity index is 612. The largest absolute Gasteiger partial charge is 0.369 e. The number of carbonyl (C=O) groups excluding carboxylic acids is 1. The van der Waals surface area contributed by atoms with Gasteiger partial charge in [0.2, 0.25) is 5.91 Å². The number of benzene rings is 1. The number of amides is 1. The fourth-order valence-electron chi connectivity index (χ4n) is 5.93. The van der Waals surface area contributed by atoms with Crippen LogP contribution in [0.4, 0.5) is 0 Å². The zero-order valence-electron chi connectivity index (χ0n) is 13.3. The Kier molecular flexibility index (Phi) is 3.01. The van der Waals surface area contributed by atoms with Gasteiger partial charge in [-0.05, 0) is 61.3 Å². The van der Waals surface area contributed by atoms with Gasteiger partial charge >= 0.3 is 0 Å². The quantitative estimate of drug-likeness (QED) is 0.843. The first-order chi connectivity index (χ1) is 10.6.